The average molecular weight is 390 g/mol. The number of fused-ring (bicyclic) bond motifs is 2. The van der Waals surface area contributed by atoms with Gasteiger partial charge in [0.25, 0.3) is 0 Å². The number of nitrogens with zero attached hydrogens (tertiary/aromatic N) is 2. The molecule has 28 heavy (non-hydrogen) atoms. The van der Waals surface area contributed by atoms with Crippen LogP contribution >= 0.6 is 0 Å². The van der Waals surface area contributed by atoms with E-state index in [1.165, 1.54) is 6.07 Å². The van der Waals surface area contributed by atoms with Gasteiger partial charge < -0.3 is 9.64 Å². The Labute approximate surface area is 161 Å². The highest BCUT2D eigenvalue weighted by molar-refractivity contribution is 5.80. The van der Waals surface area contributed by atoms with Crippen LogP contribution in [0.5, 0.6) is 5.75 Å². The summed E-state index contributed by atoms with van der Waals surface area (Å²) >= 11 is 0. The van der Waals surface area contributed by atoms with Gasteiger partial charge in [0.05, 0.1) is 18.2 Å². The van der Waals surface area contributed by atoms with Gasteiger partial charge in [0.15, 0.2) is 0 Å². The highest BCUT2D eigenvalue weighted by Crippen LogP contribution is 2.38. The van der Waals surface area contributed by atoms with E-state index in [1.807, 2.05) is 17.0 Å². The van der Waals surface area contributed by atoms with E-state index in [2.05, 4.69) is 4.98 Å². The van der Waals surface area contributed by atoms with Crippen LogP contribution in [0.2, 0.25) is 0 Å². The molecule has 0 spiro atoms. The molecule has 148 valence electrons. The van der Waals surface area contributed by atoms with Crippen molar-refractivity contribution in [3.63, 3.8) is 0 Å². The quantitative estimate of drug-likeness (QED) is 0.784. The predicted molar refractivity (Wildman–Crippen MR) is 96.7 cm³/mol. The van der Waals surface area contributed by atoms with Crippen molar-refractivity contribution >= 4 is 5.91 Å². The third kappa shape index (κ3) is 3.98. The van der Waals surface area contributed by atoms with Crippen LogP contribution < -0.4 is 4.74 Å². The Morgan fingerprint density at radius 3 is 2.54 bits per heavy atom. The summed E-state index contributed by atoms with van der Waals surface area (Å²) in [4.78, 5) is 18.8. The zero-order valence-corrected chi connectivity index (χ0v) is 15.2. The van der Waals surface area contributed by atoms with E-state index < -0.39 is 11.7 Å². The van der Waals surface area contributed by atoms with Gasteiger partial charge in [0.2, 0.25) is 5.91 Å². The molecule has 7 heteroatoms. The van der Waals surface area contributed by atoms with Crippen molar-refractivity contribution in [3.8, 4) is 5.75 Å². The molecule has 2 saturated heterocycles. The van der Waals surface area contributed by atoms with Crippen LogP contribution in [0, 0.1) is 0 Å². The molecule has 2 atom stereocenters. The SMILES string of the molecule is O=C(Cc1cccc(C(F)(F)F)c1)N1C2CCC1CC(Oc1cccnc1)C2. The van der Waals surface area contributed by atoms with Gasteiger partial charge in [-0.3, -0.25) is 9.78 Å². The van der Waals surface area contributed by atoms with Crippen LogP contribution in [-0.4, -0.2) is 34.0 Å². The summed E-state index contributed by atoms with van der Waals surface area (Å²) < 4.78 is 44.7. The van der Waals surface area contributed by atoms with Crippen LogP contribution in [0.4, 0.5) is 13.2 Å². The minimum absolute atomic E-state index is 0.00888. The van der Waals surface area contributed by atoms with Gasteiger partial charge in [-0.2, -0.15) is 13.2 Å². The lowest BCUT2D eigenvalue weighted by atomic mass is 9.98. The number of amides is 1. The summed E-state index contributed by atoms with van der Waals surface area (Å²) in [6, 6.07) is 8.87. The van der Waals surface area contributed by atoms with Crippen LogP contribution in [0.3, 0.4) is 0 Å². The molecule has 2 fully saturated rings. The minimum atomic E-state index is -4.40. The van der Waals surface area contributed by atoms with Crippen molar-refractivity contribution in [2.75, 3.05) is 0 Å². The Bertz CT molecular complexity index is 827. The van der Waals surface area contributed by atoms with E-state index in [0.717, 1.165) is 43.6 Å². The minimum Gasteiger partial charge on any atom is -0.489 e. The van der Waals surface area contributed by atoms with E-state index >= 15 is 0 Å². The van der Waals surface area contributed by atoms with Crippen molar-refractivity contribution < 1.29 is 22.7 Å². The lowest BCUT2D eigenvalue weighted by Gasteiger charge is -2.39. The van der Waals surface area contributed by atoms with Crippen LogP contribution in [0.25, 0.3) is 0 Å². The number of pyridine rings is 1. The van der Waals surface area contributed by atoms with Gasteiger partial charge in [-0.25, -0.2) is 0 Å². The Balaban J connectivity index is 1.41. The number of rotatable bonds is 4. The zero-order valence-electron chi connectivity index (χ0n) is 15.2. The Morgan fingerprint density at radius 1 is 1.14 bits per heavy atom. The van der Waals surface area contributed by atoms with Crippen molar-refractivity contribution in [1.29, 1.82) is 0 Å². The highest BCUT2D eigenvalue weighted by atomic mass is 19.4. The first-order valence-corrected chi connectivity index (χ1v) is 9.44. The number of halogens is 3. The summed E-state index contributed by atoms with van der Waals surface area (Å²) in [6.07, 6.45) is 2.26. The number of alkyl halides is 3. The molecule has 4 nitrogen and oxygen atoms in total. The molecule has 0 N–H and O–H groups in total. The standard InChI is InChI=1S/C21H21F3N2O2/c22-21(23,24)15-4-1-3-14(9-15)10-20(27)26-16-6-7-17(26)12-19(11-16)28-18-5-2-8-25-13-18/h1-5,8-9,13,16-17,19H,6-7,10-12H2. The third-order valence-corrected chi connectivity index (χ3v) is 5.52. The van der Waals surface area contributed by atoms with Gasteiger partial charge >= 0.3 is 6.18 Å². The molecule has 2 bridgehead atoms. The molecule has 0 saturated carbocycles. The first kappa shape index (κ1) is 18.8. The van der Waals surface area contributed by atoms with Crippen molar-refractivity contribution in [3.05, 3.63) is 59.9 Å². The number of piperidine rings is 1. The molecular weight excluding hydrogens is 369 g/mol. The Hall–Kier alpha value is -2.57. The summed E-state index contributed by atoms with van der Waals surface area (Å²) in [5, 5.41) is 0. The third-order valence-electron chi connectivity index (χ3n) is 5.52. The highest BCUT2D eigenvalue weighted by Gasteiger charge is 2.44. The van der Waals surface area contributed by atoms with Crippen LogP contribution in [0.15, 0.2) is 48.8 Å². The number of ether oxygens (including phenoxy) is 1. The second kappa shape index (κ2) is 7.45. The molecule has 0 aliphatic carbocycles. The summed E-state index contributed by atoms with van der Waals surface area (Å²) in [7, 11) is 0. The van der Waals surface area contributed by atoms with Gasteiger partial charge in [-0.15, -0.1) is 0 Å². The maximum atomic E-state index is 12.9. The van der Waals surface area contributed by atoms with E-state index in [-0.39, 0.29) is 30.5 Å². The van der Waals surface area contributed by atoms with Gasteiger partial charge in [0.1, 0.15) is 11.9 Å². The molecule has 1 aromatic carbocycles. The molecule has 2 unspecified atom stereocenters. The molecule has 2 aliphatic rings. The number of carbonyl (C=O) groups is 1. The maximum Gasteiger partial charge on any atom is 0.416 e. The lowest BCUT2D eigenvalue weighted by Crippen LogP contribution is -2.49. The lowest BCUT2D eigenvalue weighted by molar-refractivity contribution is -0.138. The van der Waals surface area contributed by atoms with Crippen molar-refractivity contribution in [2.45, 2.75) is 56.5 Å². The average Bonchev–Trinajstić information content (AvgIpc) is 2.93. The number of hydrogen-bond donors (Lipinski definition) is 0. The largest absolute Gasteiger partial charge is 0.489 e. The van der Waals surface area contributed by atoms with Crippen molar-refractivity contribution in [2.24, 2.45) is 0 Å². The first-order valence-electron chi connectivity index (χ1n) is 9.44. The fourth-order valence-corrected chi connectivity index (χ4v) is 4.36. The zero-order chi connectivity index (χ0) is 19.7. The van der Waals surface area contributed by atoms with Gasteiger partial charge in [-0.05, 0) is 36.6 Å². The molecule has 1 aromatic heterocycles. The number of aromatic nitrogens is 1. The fourth-order valence-electron chi connectivity index (χ4n) is 4.36. The van der Waals surface area contributed by atoms with E-state index in [4.69, 9.17) is 4.74 Å². The molecule has 3 heterocycles. The topological polar surface area (TPSA) is 42.4 Å². The molecule has 1 amide bonds. The van der Waals surface area contributed by atoms with Crippen molar-refractivity contribution in [1.82, 2.24) is 9.88 Å². The molecular formula is C21H21F3N2O2. The Morgan fingerprint density at radius 2 is 1.89 bits per heavy atom. The smallest absolute Gasteiger partial charge is 0.416 e. The molecule has 0 radical (unpaired) electrons. The van der Waals surface area contributed by atoms with Crippen LogP contribution in [-0.2, 0) is 17.4 Å². The fraction of sp³-hybridized carbons (Fsp3) is 0.429. The van der Waals surface area contributed by atoms with Gasteiger partial charge in [-0.1, -0.05) is 18.2 Å². The Kier molecular flexibility index (Phi) is 5.00. The van der Waals surface area contributed by atoms with Crippen LogP contribution in [0.1, 0.15) is 36.8 Å². The molecule has 2 aliphatic heterocycles. The number of benzene rings is 1. The number of hydrogen-bond acceptors (Lipinski definition) is 3. The predicted octanol–water partition coefficient (Wildman–Crippen LogP) is 4.24. The summed E-state index contributed by atoms with van der Waals surface area (Å²) in [5.41, 5.74) is -0.322. The monoisotopic (exact) mass is 390 g/mol. The van der Waals surface area contributed by atoms with E-state index in [9.17, 15) is 18.0 Å². The molecule has 2 aromatic rings. The van der Waals surface area contributed by atoms with E-state index in [0.29, 0.717) is 5.56 Å². The maximum absolute atomic E-state index is 12.9. The number of carbonyl (C=O) groups excluding carboxylic acids is 1. The second-order valence-electron chi connectivity index (χ2n) is 7.46. The first-order chi connectivity index (χ1) is 13.4. The van der Waals surface area contributed by atoms with Gasteiger partial charge in [0, 0.05) is 31.1 Å². The molecule has 4 rings (SSSR count). The summed E-state index contributed by atoms with van der Waals surface area (Å²) in [5.74, 6) is 0.613. The second-order valence-corrected chi connectivity index (χ2v) is 7.46. The summed E-state index contributed by atoms with van der Waals surface area (Å²) in [6.45, 7) is 0. The van der Waals surface area contributed by atoms with E-state index in [1.54, 1.807) is 18.5 Å². The normalized spacial score (nSPS) is 24.2.